The fourth-order valence-electron chi connectivity index (χ4n) is 2.78. The SMILES string of the molecule is Cc1c[nH]c(=O)n1-c1ccc(C(=O)OC(C)C(=O)Nc2ccc(S(N)(=O)=O)cc2)cc1. The van der Waals surface area contributed by atoms with Crippen LogP contribution < -0.4 is 16.1 Å². The number of amides is 1. The molecule has 3 aromatic rings. The molecule has 0 aliphatic heterocycles. The summed E-state index contributed by atoms with van der Waals surface area (Å²) in [6, 6.07) is 11.4. The Morgan fingerprint density at radius 3 is 2.23 bits per heavy atom. The van der Waals surface area contributed by atoms with Crippen LogP contribution in [-0.2, 0) is 19.6 Å². The number of hydrogen-bond donors (Lipinski definition) is 3. The number of carbonyl (C=O) groups excluding carboxylic acids is 2. The van der Waals surface area contributed by atoms with Crippen molar-refractivity contribution in [3.05, 3.63) is 76.5 Å². The lowest BCUT2D eigenvalue weighted by Gasteiger charge is -2.14. The number of imidazole rings is 1. The molecular weight excluding hydrogens is 424 g/mol. The van der Waals surface area contributed by atoms with Crippen molar-refractivity contribution < 1.29 is 22.7 Å². The number of ether oxygens (including phenoxy) is 1. The molecule has 3 rings (SSSR count). The molecule has 0 radical (unpaired) electrons. The lowest BCUT2D eigenvalue weighted by molar-refractivity contribution is -0.123. The molecule has 1 unspecified atom stereocenters. The Balaban J connectivity index is 1.63. The molecule has 1 aromatic heterocycles. The molecule has 0 aliphatic carbocycles. The van der Waals surface area contributed by atoms with Crippen LogP contribution in [0.3, 0.4) is 0 Å². The zero-order valence-electron chi connectivity index (χ0n) is 16.7. The van der Waals surface area contributed by atoms with Crippen molar-refractivity contribution in [1.29, 1.82) is 0 Å². The molecule has 1 atom stereocenters. The van der Waals surface area contributed by atoms with E-state index in [0.29, 0.717) is 17.1 Å². The number of primary sulfonamides is 1. The summed E-state index contributed by atoms with van der Waals surface area (Å²) in [5.74, 6) is -1.31. The Morgan fingerprint density at radius 1 is 1.10 bits per heavy atom. The van der Waals surface area contributed by atoms with E-state index in [2.05, 4.69) is 10.3 Å². The number of nitrogens with zero attached hydrogens (tertiary/aromatic N) is 1. The molecule has 10 nitrogen and oxygen atoms in total. The quantitative estimate of drug-likeness (QED) is 0.487. The number of aryl methyl sites for hydroxylation is 1. The largest absolute Gasteiger partial charge is 0.449 e. The standard InChI is InChI=1S/C20H20N4O6S/c1-12-11-22-20(27)24(12)16-7-3-14(4-8-16)19(26)30-13(2)18(25)23-15-5-9-17(10-6-15)31(21,28)29/h3-11,13H,1-2H3,(H,22,27)(H,23,25)(H2,21,28,29). The maximum Gasteiger partial charge on any atom is 0.338 e. The molecule has 0 aliphatic rings. The van der Waals surface area contributed by atoms with Gasteiger partial charge in [-0.2, -0.15) is 0 Å². The number of benzene rings is 2. The number of aromatic nitrogens is 2. The average molecular weight is 444 g/mol. The fourth-order valence-corrected chi connectivity index (χ4v) is 3.29. The Morgan fingerprint density at radius 2 is 1.71 bits per heavy atom. The molecule has 0 saturated heterocycles. The highest BCUT2D eigenvalue weighted by molar-refractivity contribution is 7.89. The van der Waals surface area contributed by atoms with Crippen LogP contribution in [0.15, 0.2) is 64.4 Å². The van der Waals surface area contributed by atoms with Gasteiger partial charge in [-0.05, 0) is 62.4 Å². The van der Waals surface area contributed by atoms with Crippen molar-refractivity contribution in [2.45, 2.75) is 24.8 Å². The number of anilines is 1. The molecule has 0 bridgehead atoms. The Labute approximate surface area is 177 Å². The van der Waals surface area contributed by atoms with E-state index in [-0.39, 0.29) is 16.1 Å². The van der Waals surface area contributed by atoms with Crippen LogP contribution in [0.1, 0.15) is 23.0 Å². The molecule has 4 N–H and O–H groups in total. The highest BCUT2D eigenvalue weighted by atomic mass is 32.2. The first-order chi connectivity index (χ1) is 14.6. The van der Waals surface area contributed by atoms with Gasteiger partial charge in [0.15, 0.2) is 6.10 Å². The zero-order chi connectivity index (χ0) is 22.8. The van der Waals surface area contributed by atoms with Crippen molar-refractivity contribution in [3.8, 4) is 5.69 Å². The lowest BCUT2D eigenvalue weighted by atomic mass is 10.2. The van der Waals surface area contributed by atoms with Gasteiger partial charge in [0.25, 0.3) is 5.91 Å². The number of esters is 1. The van der Waals surface area contributed by atoms with E-state index in [0.717, 1.165) is 0 Å². The third-order valence-electron chi connectivity index (χ3n) is 4.42. The van der Waals surface area contributed by atoms with Crippen molar-refractivity contribution in [3.63, 3.8) is 0 Å². The van der Waals surface area contributed by atoms with Crippen LogP contribution in [0.4, 0.5) is 5.69 Å². The second-order valence-electron chi connectivity index (χ2n) is 6.72. The summed E-state index contributed by atoms with van der Waals surface area (Å²) >= 11 is 0. The van der Waals surface area contributed by atoms with Gasteiger partial charge >= 0.3 is 11.7 Å². The Bertz CT molecular complexity index is 1270. The first-order valence-electron chi connectivity index (χ1n) is 9.08. The van der Waals surface area contributed by atoms with E-state index in [9.17, 15) is 22.8 Å². The number of rotatable bonds is 6. The first-order valence-corrected chi connectivity index (χ1v) is 10.6. The summed E-state index contributed by atoms with van der Waals surface area (Å²) in [6.45, 7) is 3.17. The maximum atomic E-state index is 12.3. The van der Waals surface area contributed by atoms with E-state index < -0.39 is 28.0 Å². The zero-order valence-corrected chi connectivity index (χ0v) is 17.5. The van der Waals surface area contributed by atoms with Crippen molar-refractivity contribution >= 4 is 27.6 Å². The minimum Gasteiger partial charge on any atom is -0.449 e. The molecule has 31 heavy (non-hydrogen) atoms. The van der Waals surface area contributed by atoms with Crippen LogP contribution >= 0.6 is 0 Å². The summed E-state index contributed by atoms with van der Waals surface area (Å²) in [5.41, 5.74) is 1.52. The van der Waals surface area contributed by atoms with Crippen LogP contribution in [0.5, 0.6) is 0 Å². The molecule has 0 saturated carbocycles. The molecular formula is C20H20N4O6S. The second-order valence-corrected chi connectivity index (χ2v) is 8.29. The van der Waals surface area contributed by atoms with Gasteiger partial charge in [0.2, 0.25) is 10.0 Å². The Hall–Kier alpha value is -3.70. The topological polar surface area (TPSA) is 153 Å². The van der Waals surface area contributed by atoms with Gasteiger partial charge in [0, 0.05) is 17.6 Å². The summed E-state index contributed by atoms with van der Waals surface area (Å²) in [5, 5.41) is 7.55. The van der Waals surface area contributed by atoms with Crippen LogP contribution in [0, 0.1) is 6.92 Å². The summed E-state index contributed by atoms with van der Waals surface area (Å²) in [7, 11) is -3.84. The minimum atomic E-state index is -3.84. The predicted octanol–water partition coefficient (Wildman–Crippen LogP) is 1.31. The lowest BCUT2D eigenvalue weighted by Crippen LogP contribution is -2.30. The van der Waals surface area contributed by atoms with Crippen molar-refractivity contribution in [1.82, 2.24) is 9.55 Å². The van der Waals surface area contributed by atoms with Crippen molar-refractivity contribution in [2.24, 2.45) is 5.14 Å². The van der Waals surface area contributed by atoms with E-state index in [1.807, 2.05) is 0 Å². The van der Waals surface area contributed by atoms with E-state index in [1.54, 1.807) is 25.3 Å². The number of carbonyl (C=O) groups is 2. The van der Waals surface area contributed by atoms with Gasteiger partial charge < -0.3 is 15.0 Å². The van der Waals surface area contributed by atoms with Gasteiger partial charge in [-0.1, -0.05) is 0 Å². The smallest absolute Gasteiger partial charge is 0.338 e. The minimum absolute atomic E-state index is 0.0921. The third-order valence-corrected chi connectivity index (χ3v) is 5.35. The van der Waals surface area contributed by atoms with E-state index in [1.165, 1.54) is 47.9 Å². The van der Waals surface area contributed by atoms with Crippen LogP contribution in [0.25, 0.3) is 5.69 Å². The highest BCUT2D eigenvalue weighted by Gasteiger charge is 2.19. The van der Waals surface area contributed by atoms with Gasteiger partial charge in [-0.25, -0.2) is 23.1 Å². The number of sulfonamides is 1. The Kier molecular flexibility index (Phi) is 6.09. The van der Waals surface area contributed by atoms with Gasteiger partial charge in [-0.3, -0.25) is 9.36 Å². The fraction of sp³-hybridized carbons (Fsp3) is 0.150. The number of hydrogen-bond acceptors (Lipinski definition) is 6. The van der Waals surface area contributed by atoms with Gasteiger partial charge in [0.05, 0.1) is 16.1 Å². The number of aromatic amines is 1. The van der Waals surface area contributed by atoms with Crippen molar-refractivity contribution in [2.75, 3.05) is 5.32 Å². The highest BCUT2D eigenvalue weighted by Crippen LogP contribution is 2.15. The molecule has 0 fully saturated rings. The second kappa shape index (κ2) is 8.58. The van der Waals surface area contributed by atoms with Crippen LogP contribution in [-0.4, -0.2) is 35.9 Å². The molecule has 11 heteroatoms. The normalized spacial score (nSPS) is 12.2. The summed E-state index contributed by atoms with van der Waals surface area (Å²) in [4.78, 5) is 38.9. The van der Waals surface area contributed by atoms with E-state index in [4.69, 9.17) is 9.88 Å². The summed E-state index contributed by atoms with van der Waals surface area (Å²) < 4.78 is 29.2. The van der Waals surface area contributed by atoms with E-state index >= 15 is 0 Å². The summed E-state index contributed by atoms with van der Waals surface area (Å²) in [6.07, 6.45) is 0.465. The molecule has 0 spiro atoms. The molecule has 2 aromatic carbocycles. The average Bonchev–Trinajstić information content (AvgIpc) is 3.05. The van der Waals surface area contributed by atoms with Crippen LogP contribution in [0.2, 0.25) is 0 Å². The number of nitrogens with two attached hydrogens (primary N) is 1. The third kappa shape index (κ3) is 5.08. The van der Waals surface area contributed by atoms with Gasteiger partial charge in [0.1, 0.15) is 0 Å². The monoisotopic (exact) mass is 444 g/mol. The predicted molar refractivity (Wildman–Crippen MR) is 112 cm³/mol. The molecule has 162 valence electrons. The number of H-pyrrole nitrogens is 1. The first kappa shape index (κ1) is 22.0. The maximum absolute atomic E-state index is 12.3. The molecule has 1 heterocycles. The number of nitrogens with one attached hydrogen (secondary N) is 2. The van der Waals surface area contributed by atoms with Gasteiger partial charge in [-0.15, -0.1) is 0 Å². The molecule has 1 amide bonds.